The van der Waals surface area contributed by atoms with Gasteiger partial charge in [0.1, 0.15) is 6.10 Å². The Bertz CT molecular complexity index is 834. The number of benzene rings is 2. The highest BCUT2D eigenvalue weighted by Crippen LogP contribution is 2.26. The summed E-state index contributed by atoms with van der Waals surface area (Å²) in [6, 6.07) is 16.8. The summed E-state index contributed by atoms with van der Waals surface area (Å²) >= 11 is 0. The molecule has 3 atom stereocenters. The average Bonchev–Trinajstić information content (AvgIpc) is 2.69. The molecule has 0 aromatic heterocycles. The lowest BCUT2D eigenvalue weighted by molar-refractivity contribution is -0.00317. The van der Waals surface area contributed by atoms with E-state index in [1.807, 2.05) is 6.07 Å². The average molecular weight is 405 g/mol. The summed E-state index contributed by atoms with van der Waals surface area (Å²) in [5.74, 6) is -0.668. The van der Waals surface area contributed by atoms with Crippen molar-refractivity contribution in [1.29, 1.82) is 0 Å². The van der Waals surface area contributed by atoms with Gasteiger partial charge in [-0.1, -0.05) is 56.2 Å². The number of carbonyl (C=O) groups is 1. The predicted octanol–water partition coefficient (Wildman–Crippen LogP) is 4.83. The molecule has 6 heteroatoms. The predicted molar refractivity (Wildman–Crippen MR) is 109 cm³/mol. The van der Waals surface area contributed by atoms with Crippen molar-refractivity contribution in [2.45, 2.75) is 57.1 Å². The fourth-order valence-corrected chi connectivity index (χ4v) is 4.25. The SMILES string of the molecule is CCCCC(C(C)OC(=O)c1ccccc1)C(C)OS(=O)(=O)c1ccccc1. The number of carbonyl (C=O) groups excluding carboxylic acids is 1. The number of rotatable bonds is 10. The number of hydrogen-bond acceptors (Lipinski definition) is 5. The van der Waals surface area contributed by atoms with Crippen molar-refractivity contribution >= 4 is 16.1 Å². The molecule has 0 aliphatic heterocycles. The Morgan fingerprint density at radius 2 is 1.50 bits per heavy atom. The van der Waals surface area contributed by atoms with Crippen molar-refractivity contribution in [3.63, 3.8) is 0 Å². The van der Waals surface area contributed by atoms with Gasteiger partial charge in [0.05, 0.1) is 16.6 Å². The van der Waals surface area contributed by atoms with E-state index >= 15 is 0 Å². The molecule has 0 saturated heterocycles. The minimum atomic E-state index is -3.88. The summed E-state index contributed by atoms with van der Waals surface area (Å²) in [5.41, 5.74) is 0.467. The summed E-state index contributed by atoms with van der Waals surface area (Å²) in [6.07, 6.45) is 1.42. The zero-order valence-corrected chi connectivity index (χ0v) is 17.4. The third kappa shape index (κ3) is 6.17. The van der Waals surface area contributed by atoms with Crippen LogP contribution in [0.2, 0.25) is 0 Å². The van der Waals surface area contributed by atoms with Crippen LogP contribution in [0.25, 0.3) is 0 Å². The zero-order chi connectivity index (χ0) is 20.6. The maximum atomic E-state index is 12.6. The van der Waals surface area contributed by atoms with Crippen LogP contribution in [0, 0.1) is 5.92 Å². The van der Waals surface area contributed by atoms with Crippen LogP contribution in [-0.4, -0.2) is 26.6 Å². The summed E-state index contributed by atoms with van der Waals surface area (Å²) in [6.45, 7) is 5.56. The second-order valence-corrected chi connectivity index (χ2v) is 8.42. The quantitative estimate of drug-likeness (QED) is 0.419. The Kier molecular flexibility index (Phi) is 8.20. The van der Waals surface area contributed by atoms with E-state index in [4.69, 9.17) is 8.92 Å². The zero-order valence-electron chi connectivity index (χ0n) is 16.6. The summed E-state index contributed by atoms with van der Waals surface area (Å²) < 4.78 is 36.2. The van der Waals surface area contributed by atoms with E-state index in [1.54, 1.807) is 56.3 Å². The molecule has 0 N–H and O–H groups in total. The summed E-state index contributed by atoms with van der Waals surface area (Å²) in [4.78, 5) is 12.5. The third-order valence-corrected chi connectivity index (χ3v) is 6.12. The first-order valence-electron chi connectivity index (χ1n) is 9.59. The van der Waals surface area contributed by atoms with Gasteiger partial charge in [-0.15, -0.1) is 0 Å². The van der Waals surface area contributed by atoms with Gasteiger partial charge < -0.3 is 4.74 Å². The molecule has 2 aromatic rings. The Morgan fingerprint density at radius 3 is 2.07 bits per heavy atom. The minimum absolute atomic E-state index is 0.116. The normalized spacial score (nSPS) is 14.8. The Balaban J connectivity index is 2.11. The maximum Gasteiger partial charge on any atom is 0.338 e. The lowest BCUT2D eigenvalue weighted by Crippen LogP contribution is -2.35. The Morgan fingerprint density at radius 1 is 0.929 bits per heavy atom. The van der Waals surface area contributed by atoms with E-state index in [0.717, 1.165) is 12.8 Å². The van der Waals surface area contributed by atoms with Gasteiger partial charge in [-0.05, 0) is 44.5 Å². The number of ether oxygens (including phenoxy) is 1. The lowest BCUT2D eigenvalue weighted by atomic mass is 9.92. The van der Waals surface area contributed by atoms with Gasteiger partial charge in [-0.3, -0.25) is 4.18 Å². The van der Waals surface area contributed by atoms with Crippen LogP contribution in [0.5, 0.6) is 0 Å². The van der Waals surface area contributed by atoms with Crippen molar-refractivity contribution in [3.05, 3.63) is 66.2 Å². The van der Waals surface area contributed by atoms with E-state index < -0.39 is 28.3 Å². The molecule has 28 heavy (non-hydrogen) atoms. The second kappa shape index (κ2) is 10.4. The van der Waals surface area contributed by atoms with Gasteiger partial charge in [-0.2, -0.15) is 8.42 Å². The standard InChI is InChI=1S/C22H28O5S/c1-4-5-16-21(17(2)26-22(23)19-12-8-6-9-13-19)18(3)27-28(24,25)20-14-10-7-11-15-20/h6-15,17-18,21H,4-5,16H2,1-3H3. The topological polar surface area (TPSA) is 69.7 Å². The molecule has 0 aliphatic carbocycles. The van der Waals surface area contributed by atoms with Crippen LogP contribution in [0.3, 0.4) is 0 Å². The molecule has 0 aliphatic rings. The van der Waals surface area contributed by atoms with E-state index in [2.05, 4.69) is 6.92 Å². The molecule has 2 rings (SSSR count). The van der Waals surface area contributed by atoms with Gasteiger partial charge in [-0.25, -0.2) is 4.79 Å². The van der Waals surface area contributed by atoms with Crippen molar-refractivity contribution in [2.75, 3.05) is 0 Å². The van der Waals surface area contributed by atoms with Gasteiger partial charge in [0.15, 0.2) is 0 Å². The number of hydrogen-bond donors (Lipinski definition) is 0. The molecular formula is C22H28O5S. The first kappa shape index (κ1) is 22.1. The number of unbranched alkanes of at least 4 members (excludes halogenated alkanes) is 1. The fraction of sp³-hybridized carbons (Fsp3) is 0.409. The maximum absolute atomic E-state index is 12.6. The molecule has 0 fully saturated rings. The molecule has 0 amide bonds. The highest BCUT2D eigenvalue weighted by atomic mass is 32.2. The highest BCUT2D eigenvalue weighted by Gasteiger charge is 2.31. The van der Waals surface area contributed by atoms with Crippen LogP contribution >= 0.6 is 0 Å². The monoisotopic (exact) mass is 404 g/mol. The summed E-state index contributed by atoms with van der Waals surface area (Å²) in [7, 11) is -3.88. The molecule has 5 nitrogen and oxygen atoms in total. The minimum Gasteiger partial charge on any atom is -0.459 e. The van der Waals surface area contributed by atoms with Crippen LogP contribution in [0.1, 0.15) is 50.4 Å². The summed E-state index contributed by atoms with van der Waals surface area (Å²) in [5, 5.41) is 0. The lowest BCUT2D eigenvalue weighted by Gasteiger charge is -2.29. The Hall–Kier alpha value is -2.18. The number of esters is 1. The van der Waals surface area contributed by atoms with Gasteiger partial charge in [0, 0.05) is 5.92 Å². The van der Waals surface area contributed by atoms with Crippen LogP contribution in [-0.2, 0) is 19.0 Å². The molecular weight excluding hydrogens is 376 g/mol. The van der Waals surface area contributed by atoms with Gasteiger partial charge >= 0.3 is 5.97 Å². The van der Waals surface area contributed by atoms with Crippen LogP contribution < -0.4 is 0 Å². The first-order valence-corrected chi connectivity index (χ1v) is 11.0. The van der Waals surface area contributed by atoms with Crippen molar-refractivity contribution in [2.24, 2.45) is 5.92 Å². The van der Waals surface area contributed by atoms with Crippen molar-refractivity contribution in [3.8, 4) is 0 Å². The van der Waals surface area contributed by atoms with Crippen molar-refractivity contribution in [1.82, 2.24) is 0 Å². The molecule has 152 valence electrons. The molecule has 0 bridgehead atoms. The van der Waals surface area contributed by atoms with E-state index in [0.29, 0.717) is 12.0 Å². The molecule has 0 saturated carbocycles. The molecule has 0 heterocycles. The van der Waals surface area contributed by atoms with E-state index in [9.17, 15) is 13.2 Å². The van der Waals surface area contributed by atoms with E-state index in [-0.39, 0.29) is 10.8 Å². The molecule has 0 spiro atoms. The highest BCUT2D eigenvalue weighted by molar-refractivity contribution is 7.86. The fourth-order valence-electron chi connectivity index (χ4n) is 3.10. The molecule has 2 aromatic carbocycles. The van der Waals surface area contributed by atoms with E-state index in [1.165, 1.54) is 12.1 Å². The first-order chi connectivity index (χ1) is 13.3. The smallest absolute Gasteiger partial charge is 0.338 e. The molecule has 3 unspecified atom stereocenters. The Labute approximate surface area is 167 Å². The van der Waals surface area contributed by atoms with Crippen LogP contribution in [0.4, 0.5) is 0 Å². The third-order valence-electron chi connectivity index (χ3n) is 4.71. The molecule has 0 radical (unpaired) electrons. The largest absolute Gasteiger partial charge is 0.459 e. The van der Waals surface area contributed by atoms with Gasteiger partial charge in [0.25, 0.3) is 10.1 Å². The van der Waals surface area contributed by atoms with Crippen molar-refractivity contribution < 1.29 is 22.1 Å². The van der Waals surface area contributed by atoms with Gasteiger partial charge in [0.2, 0.25) is 0 Å². The second-order valence-electron chi connectivity index (χ2n) is 6.85. The van der Waals surface area contributed by atoms with Crippen LogP contribution in [0.15, 0.2) is 65.6 Å².